The number of pyridine rings is 1. The molecular weight excluding hydrogens is 202 g/mol. The van der Waals surface area contributed by atoms with Gasteiger partial charge in [0.25, 0.3) is 0 Å². The highest BCUT2D eigenvalue weighted by atomic mass is 32.1. The Kier molecular flexibility index (Phi) is 2.69. The maximum absolute atomic E-state index is 5.12. The third kappa shape index (κ3) is 2.16. The fourth-order valence-corrected chi connectivity index (χ4v) is 1.82. The average Bonchev–Trinajstić information content (AvgIpc) is 2.22. The van der Waals surface area contributed by atoms with Crippen LogP contribution in [-0.4, -0.2) is 4.98 Å². The Balaban J connectivity index is 2.63. The van der Waals surface area contributed by atoms with E-state index in [2.05, 4.69) is 43.1 Å². The molecule has 0 aliphatic carbocycles. The van der Waals surface area contributed by atoms with Crippen LogP contribution in [-0.2, 0) is 0 Å². The van der Waals surface area contributed by atoms with E-state index in [0.29, 0.717) is 0 Å². The van der Waals surface area contributed by atoms with Gasteiger partial charge >= 0.3 is 0 Å². The summed E-state index contributed by atoms with van der Waals surface area (Å²) in [5.74, 6) is 0. The second-order valence-corrected chi connectivity index (χ2v) is 4.19. The van der Waals surface area contributed by atoms with Crippen molar-refractivity contribution in [3.63, 3.8) is 0 Å². The standard InChI is InChI=1S/C13H13NS/c1-9-6-7-10(2)11(8-9)12-4-3-5-13(15)14-12/h3-8H,1-2H3,(H,14,15). The van der Waals surface area contributed by atoms with Crippen LogP contribution >= 0.6 is 12.2 Å². The van der Waals surface area contributed by atoms with Crippen LogP contribution < -0.4 is 0 Å². The molecule has 0 aliphatic heterocycles. The predicted molar refractivity (Wildman–Crippen MR) is 66.5 cm³/mol. The fraction of sp³-hybridized carbons (Fsp3) is 0.154. The van der Waals surface area contributed by atoms with Crippen LogP contribution in [0.2, 0.25) is 0 Å². The Morgan fingerprint density at radius 2 is 1.87 bits per heavy atom. The van der Waals surface area contributed by atoms with Crippen molar-refractivity contribution in [1.82, 2.24) is 4.98 Å². The van der Waals surface area contributed by atoms with E-state index in [4.69, 9.17) is 12.2 Å². The topological polar surface area (TPSA) is 15.8 Å². The second-order valence-electron chi connectivity index (χ2n) is 3.75. The first-order valence-electron chi connectivity index (χ1n) is 4.94. The zero-order valence-electron chi connectivity index (χ0n) is 8.87. The number of nitrogens with one attached hydrogen (secondary N) is 1. The van der Waals surface area contributed by atoms with Crippen molar-refractivity contribution in [2.24, 2.45) is 0 Å². The molecule has 1 N–H and O–H groups in total. The molecule has 0 fully saturated rings. The predicted octanol–water partition coefficient (Wildman–Crippen LogP) is 4.03. The smallest absolute Gasteiger partial charge is 0.103 e. The van der Waals surface area contributed by atoms with Crippen LogP contribution in [0, 0.1) is 18.5 Å². The Morgan fingerprint density at radius 3 is 2.60 bits per heavy atom. The van der Waals surface area contributed by atoms with Crippen molar-refractivity contribution in [1.29, 1.82) is 0 Å². The van der Waals surface area contributed by atoms with Gasteiger partial charge in [-0.05, 0) is 37.6 Å². The summed E-state index contributed by atoms with van der Waals surface area (Å²) in [7, 11) is 0. The zero-order valence-corrected chi connectivity index (χ0v) is 9.69. The highest BCUT2D eigenvalue weighted by Gasteiger charge is 2.01. The van der Waals surface area contributed by atoms with Gasteiger partial charge < -0.3 is 4.98 Å². The maximum Gasteiger partial charge on any atom is 0.103 e. The lowest BCUT2D eigenvalue weighted by Crippen LogP contribution is -1.88. The number of aromatic nitrogens is 1. The molecule has 2 heteroatoms. The van der Waals surface area contributed by atoms with E-state index >= 15 is 0 Å². The van der Waals surface area contributed by atoms with E-state index < -0.39 is 0 Å². The Hall–Kier alpha value is -1.41. The molecular formula is C13H13NS. The van der Waals surface area contributed by atoms with Crippen LogP contribution in [0.1, 0.15) is 11.1 Å². The molecule has 0 bridgehead atoms. The van der Waals surface area contributed by atoms with E-state index in [1.807, 2.05) is 12.1 Å². The summed E-state index contributed by atoms with van der Waals surface area (Å²) in [6.07, 6.45) is 0. The third-order valence-corrected chi connectivity index (χ3v) is 2.69. The summed E-state index contributed by atoms with van der Waals surface area (Å²) < 4.78 is 0.772. The first-order chi connectivity index (χ1) is 7.16. The summed E-state index contributed by atoms with van der Waals surface area (Å²) in [5.41, 5.74) is 4.83. The van der Waals surface area contributed by atoms with Gasteiger partial charge in [-0.25, -0.2) is 0 Å². The minimum absolute atomic E-state index is 0.772. The molecule has 2 aromatic rings. The number of aryl methyl sites for hydroxylation is 2. The van der Waals surface area contributed by atoms with E-state index in [-0.39, 0.29) is 0 Å². The summed E-state index contributed by atoms with van der Waals surface area (Å²) in [6.45, 7) is 4.21. The van der Waals surface area contributed by atoms with Crippen LogP contribution in [0.5, 0.6) is 0 Å². The normalized spacial score (nSPS) is 10.3. The molecule has 0 atom stereocenters. The zero-order chi connectivity index (χ0) is 10.8. The maximum atomic E-state index is 5.12. The number of benzene rings is 1. The minimum Gasteiger partial charge on any atom is -0.346 e. The van der Waals surface area contributed by atoms with Gasteiger partial charge in [-0.2, -0.15) is 0 Å². The highest BCUT2D eigenvalue weighted by molar-refractivity contribution is 7.71. The van der Waals surface area contributed by atoms with Crippen molar-refractivity contribution in [3.05, 3.63) is 52.2 Å². The molecule has 0 spiro atoms. The van der Waals surface area contributed by atoms with Crippen molar-refractivity contribution in [2.75, 3.05) is 0 Å². The lowest BCUT2D eigenvalue weighted by Gasteiger charge is -2.07. The monoisotopic (exact) mass is 215 g/mol. The quantitative estimate of drug-likeness (QED) is 0.710. The van der Waals surface area contributed by atoms with Gasteiger partial charge in [0.05, 0.1) is 0 Å². The van der Waals surface area contributed by atoms with Crippen LogP contribution in [0.4, 0.5) is 0 Å². The molecule has 1 aromatic carbocycles. The molecule has 0 aliphatic rings. The van der Waals surface area contributed by atoms with Crippen molar-refractivity contribution >= 4 is 12.2 Å². The number of hydrogen-bond donors (Lipinski definition) is 1. The van der Waals surface area contributed by atoms with Gasteiger partial charge in [0, 0.05) is 11.3 Å². The summed E-state index contributed by atoms with van der Waals surface area (Å²) in [6, 6.07) is 12.4. The average molecular weight is 215 g/mol. The molecule has 0 radical (unpaired) electrons. The Morgan fingerprint density at radius 1 is 1.07 bits per heavy atom. The fourth-order valence-electron chi connectivity index (χ4n) is 1.63. The summed E-state index contributed by atoms with van der Waals surface area (Å²) in [4.78, 5) is 3.21. The molecule has 1 heterocycles. The molecule has 15 heavy (non-hydrogen) atoms. The molecule has 2 rings (SSSR count). The Labute approximate surface area is 94.8 Å². The van der Waals surface area contributed by atoms with Gasteiger partial charge in [-0.1, -0.05) is 36.0 Å². The lowest BCUT2D eigenvalue weighted by molar-refractivity contribution is 1.27. The largest absolute Gasteiger partial charge is 0.346 e. The molecule has 1 aromatic heterocycles. The van der Waals surface area contributed by atoms with Gasteiger partial charge in [-0.3, -0.25) is 0 Å². The number of rotatable bonds is 1. The van der Waals surface area contributed by atoms with E-state index in [1.165, 1.54) is 16.7 Å². The lowest BCUT2D eigenvalue weighted by atomic mass is 10.0. The molecule has 76 valence electrons. The van der Waals surface area contributed by atoms with Gasteiger partial charge in [0.1, 0.15) is 4.64 Å². The first-order valence-corrected chi connectivity index (χ1v) is 5.34. The van der Waals surface area contributed by atoms with Crippen LogP contribution in [0.15, 0.2) is 36.4 Å². The number of aromatic amines is 1. The molecule has 0 saturated carbocycles. The van der Waals surface area contributed by atoms with Crippen molar-refractivity contribution < 1.29 is 0 Å². The van der Waals surface area contributed by atoms with E-state index in [9.17, 15) is 0 Å². The molecule has 0 unspecified atom stereocenters. The van der Waals surface area contributed by atoms with Gasteiger partial charge in [0.15, 0.2) is 0 Å². The molecule has 0 saturated heterocycles. The van der Waals surface area contributed by atoms with Crippen molar-refractivity contribution in [3.8, 4) is 11.3 Å². The van der Waals surface area contributed by atoms with Crippen LogP contribution in [0.25, 0.3) is 11.3 Å². The van der Waals surface area contributed by atoms with Gasteiger partial charge in [-0.15, -0.1) is 0 Å². The minimum atomic E-state index is 0.772. The Bertz CT molecular complexity index is 540. The van der Waals surface area contributed by atoms with E-state index in [0.717, 1.165) is 10.3 Å². The molecule has 1 nitrogen and oxygen atoms in total. The number of H-pyrrole nitrogens is 1. The first kappa shape index (κ1) is 10.1. The summed E-state index contributed by atoms with van der Waals surface area (Å²) >= 11 is 5.12. The van der Waals surface area contributed by atoms with Gasteiger partial charge in [0.2, 0.25) is 0 Å². The van der Waals surface area contributed by atoms with E-state index in [1.54, 1.807) is 0 Å². The van der Waals surface area contributed by atoms with Crippen LogP contribution in [0.3, 0.4) is 0 Å². The SMILES string of the molecule is Cc1ccc(C)c(-c2cccc(=S)[nH]2)c1. The highest BCUT2D eigenvalue weighted by Crippen LogP contribution is 2.22. The summed E-state index contributed by atoms with van der Waals surface area (Å²) in [5, 5.41) is 0. The molecule has 0 amide bonds. The second kappa shape index (κ2) is 3.99. The van der Waals surface area contributed by atoms with Crippen molar-refractivity contribution in [2.45, 2.75) is 13.8 Å². The third-order valence-electron chi connectivity index (χ3n) is 2.45. The number of hydrogen-bond acceptors (Lipinski definition) is 1.